The van der Waals surface area contributed by atoms with Crippen LogP contribution in [0.25, 0.3) is 0 Å². The smallest absolute Gasteiger partial charge is 0.156 e. The van der Waals surface area contributed by atoms with Crippen LogP contribution < -0.4 is 0 Å². The Hall–Kier alpha value is -1.27. The monoisotopic (exact) mass is 308 g/mol. The van der Waals surface area contributed by atoms with Gasteiger partial charge in [0.15, 0.2) is 5.79 Å². The SMILES string of the molecule is CC(C)(O)O.O=C1CC2(C1)OCCC2OCc1ccccc1. The van der Waals surface area contributed by atoms with Crippen molar-refractivity contribution in [3.63, 3.8) is 0 Å². The first kappa shape index (κ1) is 17.1. The fraction of sp³-hybridized carbons (Fsp3) is 0.588. The minimum Gasteiger partial charge on any atom is -0.371 e. The summed E-state index contributed by atoms with van der Waals surface area (Å²) >= 11 is 0. The Morgan fingerprint density at radius 2 is 1.86 bits per heavy atom. The van der Waals surface area contributed by atoms with Crippen LogP contribution in [0, 0.1) is 0 Å². The molecule has 122 valence electrons. The second-order valence-corrected chi connectivity index (χ2v) is 6.37. The van der Waals surface area contributed by atoms with Gasteiger partial charge in [-0.2, -0.15) is 0 Å². The number of ether oxygens (including phenoxy) is 2. The van der Waals surface area contributed by atoms with Crippen molar-refractivity contribution >= 4 is 5.78 Å². The molecule has 1 aliphatic carbocycles. The van der Waals surface area contributed by atoms with Crippen LogP contribution in [0.15, 0.2) is 30.3 Å². The Morgan fingerprint density at radius 1 is 1.27 bits per heavy atom. The van der Waals surface area contributed by atoms with Gasteiger partial charge in [0, 0.05) is 12.8 Å². The van der Waals surface area contributed by atoms with E-state index in [2.05, 4.69) is 12.1 Å². The van der Waals surface area contributed by atoms with Crippen LogP contribution >= 0.6 is 0 Å². The lowest BCUT2D eigenvalue weighted by Crippen LogP contribution is -2.52. The molecular formula is C17H24O5. The lowest BCUT2D eigenvalue weighted by atomic mass is 9.75. The average Bonchev–Trinajstić information content (AvgIpc) is 2.79. The molecule has 1 aromatic carbocycles. The topological polar surface area (TPSA) is 76.0 Å². The van der Waals surface area contributed by atoms with Crippen molar-refractivity contribution < 1.29 is 24.5 Å². The van der Waals surface area contributed by atoms with E-state index in [-0.39, 0.29) is 11.7 Å². The van der Waals surface area contributed by atoms with Crippen molar-refractivity contribution in [2.45, 2.75) is 57.2 Å². The molecule has 1 saturated heterocycles. The predicted molar refractivity (Wildman–Crippen MR) is 81.1 cm³/mol. The molecule has 5 heteroatoms. The maximum atomic E-state index is 11.1. The van der Waals surface area contributed by atoms with Gasteiger partial charge in [0.2, 0.25) is 0 Å². The number of benzene rings is 1. The van der Waals surface area contributed by atoms with Crippen molar-refractivity contribution in [3.8, 4) is 0 Å². The molecule has 1 saturated carbocycles. The van der Waals surface area contributed by atoms with Gasteiger partial charge in [0.05, 0.1) is 19.3 Å². The van der Waals surface area contributed by atoms with E-state index in [0.29, 0.717) is 31.8 Å². The summed E-state index contributed by atoms with van der Waals surface area (Å²) in [7, 11) is 0. The van der Waals surface area contributed by atoms with Crippen LogP contribution in [0.3, 0.4) is 0 Å². The zero-order chi connectivity index (χ0) is 16.2. The minimum atomic E-state index is -1.50. The molecule has 5 nitrogen and oxygen atoms in total. The van der Waals surface area contributed by atoms with E-state index in [1.54, 1.807) is 0 Å². The lowest BCUT2D eigenvalue weighted by Gasteiger charge is -2.40. The van der Waals surface area contributed by atoms with E-state index in [1.165, 1.54) is 19.4 Å². The number of ketones is 1. The maximum absolute atomic E-state index is 11.1. The summed E-state index contributed by atoms with van der Waals surface area (Å²) in [4.78, 5) is 11.1. The molecule has 1 heterocycles. The normalized spacial score (nSPS) is 22.9. The Labute approximate surface area is 130 Å². The first-order valence-corrected chi connectivity index (χ1v) is 7.54. The standard InChI is InChI=1S/C14H16O3.C3H8O2/c15-12-8-14(9-12)13(6-7-17-14)16-10-11-4-2-1-3-5-11;1-3(2,4)5/h1-5,13H,6-10H2;4-5H,1-2H3. The first-order chi connectivity index (χ1) is 10.3. The lowest BCUT2D eigenvalue weighted by molar-refractivity contribution is -0.162. The second-order valence-electron chi connectivity index (χ2n) is 6.37. The summed E-state index contributed by atoms with van der Waals surface area (Å²) in [6.07, 6.45) is 2.05. The van der Waals surface area contributed by atoms with E-state index in [0.717, 1.165) is 6.42 Å². The molecule has 1 atom stereocenters. The first-order valence-electron chi connectivity index (χ1n) is 7.54. The van der Waals surface area contributed by atoms with E-state index < -0.39 is 5.79 Å². The van der Waals surface area contributed by atoms with Gasteiger partial charge in [-0.05, 0) is 25.8 Å². The fourth-order valence-corrected chi connectivity index (χ4v) is 2.68. The van der Waals surface area contributed by atoms with E-state index >= 15 is 0 Å². The van der Waals surface area contributed by atoms with Crippen molar-refractivity contribution in [3.05, 3.63) is 35.9 Å². The third-order valence-electron chi connectivity index (χ3n) is 3.64. The summed E-state index contributed by atoms with van der Waals surface area (Å²) < 4.78 is 11.6. The van der Waals surface area contributed by atoms with Crippen LogP contribution in [0.4, 0.5) is 0 Å². The van der Waals surface area contributed by atoms with E-state index in [1.807, 2.05) is 18.2 Å². The number of rotatable bonds is 3. The highest BCUT2D eigenvalue weighted by Crippen LogP contribution is 2.43. The molecule has 0 bridgehead atoms. The highest BCUT2D eigenvalue weighted by Gasteiger charge is 2.54. The summed E-state index contributed by atoms with van der Waals surface area (Å²) in [6, 6.07) is 10.1. The number of aliphatic hydroxyl groups is 2. The number of hydrogen-bond acceptors (Lipinski definition) is 5. The van der Waals surface area contributed by atoms with Crippen LogP contribution in [0.1, 0.15) is 38.7 Å². The molecule has 2 aliphatic rings. The third-order valence-corrected chi connectivity index (χ3v) is 3.64. The Kier molecular flexibility index (Phi) is 5.34. The van der Waals surface area contributed by atoms with Crippen molar-refractivity contribution in [2.75, 3.05) is 6.61 Å². The Balaban J connectivity index is 0.000000309. The summed E-state index contributed by atoms with van der Waals surface area (Å²) in [6.45, 7) is 3.91. The minimum absolute atomic E-state index is 0.0837. The molecule has 2 N–H and O–H groups in total. The summed E-state index contributed by atoms with van der Waals surface area (Å²) in [5.41, 5.74) is 0.881. The maximum Gasteiger partial charge on any atom is 0.156 e. The van der Waals surface area contributed by atoms with Crippen LogP contribution in [-0.2, 0) is 20.9 Å². The number of carbonyl (C=O) groups excluding carboxylic acids is 1. The van der Waals surface area contributed by atoms with Crippen LogP contribution in [0.5, 0.6) is 0 Å². The fourth-order valence-electron chi connectivity index (χ4n) is 2.68. The molecule has 3 rings (SSSR count). The molecule has 1 unspecified atom stereocenters. The molecule has 22 heavy (non-hydrogen) atoms. The third kappa shape index (κ3) is 4.88. The average molecular weight is 308 g/mol. The highest BCUT2D eigenvalue weighted by molar-refractivity contribution is 5.87. The van der Waals surface area contributed by atoms with Crippen molar-refractivity contribution in [1.82, 2.24) is 0 Å². The van der Waals surface area contributed by atoms with Crippen molar-refractivity contribution in [1.29, 1.82) is 0 Å². The van der Waals surface area contributed by atoms with Crippen LogP contribution in [-0.4, -0.2) is 40.1 Å². The van der Waals surface area contributed by atoms with Gasteiger partial charge >= 0.3 is 0 Å². The molecule has 1 spiro atoms. The molecule has 0 amide bonds. The summed E-state index contributed by atoms with van der Waals surface area (Å²) in [5.74, 6) is -1.21. The van der Waals surface area contributed by atoms with E-state index in [4.69, 9.17) is 19.7 Å². The molecule has 1 aliphatic heterocycles. The quantitative estimate of drug-likeness (QED) is 0.833. The van der Waals surface area contributed by atoms with Gasteiger partial charge in [-0.25, -0.2) is 0 Å². The van der Waals surface area contributed by atoms with Gasteiger partial charge in [-0.1, -0.05) is 30.3 Å². The number of hydrogen-bond donors (Lipinski definition) is 2. The van der Waals surface area contributed by atoms with Crippen LogP contribution in [0.2, 0.25) is 0 Å². The van der Waals surface area contributed by atoms with E-state index in [9.17, 15) is 4.79 Å². The largest absolute Gasteiger partial charge is 0.371 e. The Bertz CT molecular complexity index is 478. The molecule has 1 aromatic rings. The van der Waals surface area contributed by atoms with Gasteiger partial charge < -0.3 is 19.7 Å². The zero-order valence-corrected chi connectivity index (χ0v) is 13.1. The van der Waals surface area contributed by atoms with Gasteiger partial charge in [0.25, 0.3) is 0 Å². The Morgan fingerprint density at radius 3 is 2.41 bits per heavy atom. The molecule has 2 fully saturated rings. The predicted octanol–water partition coefficient (Wildman–Crippen LogP) is 1.80. The zero-order valence-electron chi connectivity index (χ0n) is 13.1. The number of carbonyl (C=O) groups is 1. The molecule has 0 radical (unpaired) electrons. The van der Waals surface area contributed by atoms with Gasteiger partial charge in [-0.15, -0.1) is 0 Å². The number of Topliss-reactive ketones (excluding diaryl/α,β-unsaturated/α-hetero) is 1. The van der Waals surface area contributed by atoms with Gasteiger partial charge in [-0.3, -0.25) is 4.79 Å². The molecule has 0 aromatic heterocycles. The van der Waals surface area contributed by atoms with Gasteiger partial charge in [0.1, 0.15) is 11.4 Å². The molecular weight excluding hydrogens is 284 g/mol. The second kappa shape index (κ2) is 6.87. The van der Waals surface area contributed by atoms with Crippen molar-refractivity contribution in [2.24, 2.45) is 0 Å². The summed E-state index contributed by atoms with van der Waals surface area (Å²) in [5, 5.41) is 16.2. The highest BCUT2D eigenvalue weighted by atomic mass is 16.6.